The van der Waals surface area contributed by atoms with Crippen LogP contribution >= 0.6 is 23.2 Å². The summed E-state index contributed by atoms with van der Waals surface area (Å²) in [4.78, 5) is 14.8. The van der Waals surface area contributed by atoms with Crippen LogP contribution in [0.25, 0.3) is 10.8 Å². The van der Waals surface area contributed by atoms with Crippen LogP contribution in [0.4, 0.5) is 5.69 Å². The van der Waals surface area contributed by atoms with Crippen molar-refractivity contribution in [1.29, 1.82) is 0 Å². The van der Waals surface area contributed by atoms with Crippen molar-refractivity contribution < 1.29 is 13.2 Å². The first kappa shape index (κ1) is 21.7. The van der Waals surface area contributed by atoms with E-state index in [1.54, 1.807) is 35.2 Å². The maximum atomic E-state index is 13.1. The second-order valence-electron chi connectivity index (χ2n) is 8.10. The van der Waals surface area contributed by atoms with Gasteiger partial charge in [0.15, 0.2) is 0 Å². The van der Waals surface area contributed by atoms with E-state index in [-0.39, 0.29) is 10.8 Å². The van der Waals surface area contributed by atoms with Gasteiger partial charge in [0.25, 0.3) is 0 Å². The van der Waals surface area contributed by atoms with Crippen LogP contribution in [-0.4, -0.2) is 33.5 Å². The molecule has 2 N–H and O–H groups in total. The molecule has 1 atom stereocenters. The molecule has 2 aliphatic rings. The average molecular weight is 490 g/mol. The molecule has 9 heteroatoms. The van der Waals surface area contributed by atoms with Gasteiger partial charge in [-0.1, -0.05) is 35.3 Å². The fourth-order valence-corrected chi connectivity index (χ4v) is 6.07. The summed E-state index contributed by atoms with van der Waals surface area (Å²) in [5.41, 5.74) is 2.93. The summed E-state index contributed by atoms with van der Waals surface area (Å²) in [5.74, 6) is -0.295. The molecule has 0 bridgehead atoms. The number of anilines is 1. The molecule has 32 heavy (non-hydrogen) atoms. The molecule has 2 aliphatic heterocycles. The van der Waals surface area contributed by atoms with E-state index in [1.165, 1.54) is 6.07 Å². The highest BCUT2D eigenvalue weighted by Gasteiger charge is 2.37. The zero-order valence-corrected chi connectivity index (χ0v) is 19.4. The molecule has 1 unspecified atom stereocenters. The summed E-state index contributed by atoms with van der Waals surface area (Å²) >= 11 is 12.5. The number of amides is 1. The van der Waals surface area contributed by atoms with Gasteiger partial charge in [-0.15, -0.1) is 0 Å². The number of benzene rings is 3. The third-order valence-corrected chi connectivity index (χ3v) is 8.04. The van der Waals surface area contributed by atoms with E-state index >= 15 is 0 Å². The van der Waals surface area contributed by atoms with Crippen LogP contribution in [0.15, 0.2) is 53.4 Å². The predicted molar refractivity (Wildman–Crippen MR) is 127 cm³/mol. The van der Waals surface area contributed by atoms with Crippen molar-refractivity contribution in [2.75, 3.05) is 18.0 Å². The third kappa shape index (κ3) is 4.00. The Bertz CT molecular complexity index is 1340. The normalized spacial score (nSPS) is 18.9. The van der Waals surface area contributed by atoms with E-state index in [1.807, 2.05) is 12.1 Å². The number of halogens is 2. The fourth-order valence-electron chi connectivity index (χ4n) is 4.34. The van der Waals surface area contributed by atoms with Gasteiger partial charge in [0, 0.05) is 18.1 Å². The largest absolute Gasteiger partial charge is 0.312 e. The lowest BCUT2D eigenvalue weighted by Crippen LogP contribution is -2.41. The number of carbonyl (C=O) groups excluding carboxylic acids is 1. The highest BCUT2D eigenvalue weighted by atomic mass is 35.5. The summed E-state index contributed by atoms with van der Waals surface area (Å²) in [6.07, 6.45) is 1.24. The van der Waals surface area contributed by atoms with Gasteiger partial charge in [0.1, 0.15) is 6.04 Å². The van der Waals surface area contributed by atoms with E-state index < -0.39 is 16.1 Å². The first-order chi connectivity index (χ1) is 15.3. The first-order valence-corrected chi connectivity index (χ1v) is 12.6. The molecule has 3 aromatic rings. The molecule has 166 valence electrons. The summed E-state index contributed by atoms with van der Waals surface area (Å²) in [6.45, 7) is 2.03. The Morgan fingerprint density at radius 1 is 1.00 bits per heavy atom. The number of nitrogens with zero attached hydrogens (tertiary/aromatic N) is 1. The van der Waals surface area contributed by atoms with E-state index in [0.717, 1.165) is 41.4 Å². The van der Waals surface area contributed by atoms with Crippen LogP contribution in [0.5, 0.6) is 0 Å². The van der Waals surface area contributed by atoms with Crippen molar-refractivity contribution in [3.63, 3.8) is 0 Å². The third-order valence-electron chi connectivity index (χ3n) is 6.03. The Balaban J connectivity index is 1.38. The number of carbonyl (C=O) groups is 1. The number of hydrogen-bond acceptors (Lipinski definition) is 4. The highest BCUT2D eigenvalue weighted by Crippen LogP contribution is 2.34. The monoisotopic (exact) mass is 489 g/mol. The van der Waals surface area contributed by atoms with Crippen LogP contribution in [0.2, 0.25) is 10.0 Å². The molecule has 1 saturated heterocycles. The minimum Gasteiger partial charge on any atom is -0.312 e. The Labute approximate surface area is 196 Å². The van der Waals surface area contributed by atoms with E-state index in [0.29, 0.717) is 28.7 Å². The van der Waals surface area contributed by atoms with Crippen molar-refractivity contribution in [3.8, 4) is 0 Å². The molecule has 0 spiro atoms. The molecule has 2 heterocycles. The Hall–Kier alpha value is -2.16. The van der Waals surface area contributed by atoms with Gasteiger partial charge in [-0.05, 0) is 77.7 Å². The van der Waals surface area contributed by atoms with E-state index in [9.17, 15) is 13.2 Å². The lowest BCUT2D eigenvalue weighted by atomic mass is 10.00. The molecule has 1 amide bonds. The van der Waals surface area contributed by atoms with Crippen molar-refractivity contribution in [3.05, 3.63) is 69.7 Å². The lowest BCUT2D eigenvalue weighted by Gasteiger charge is -2.23. The van der Waals surface area contributed by atoms with Gasteiger partial charge in [0.05, 0.1) is 15.6 Å². The minimum atomic E-state index is -3.88. The molecule has 5 rings (SSSR count). The molecular formula is C23H21Cl2N3O3S. The highest BCUT2D eigenvalue weighted by molar-refractivity contribution is 7.89. The maximum Gasteiger partial charge on any atom is 0.245 e. The number of sulfonamides is 1. The van der Waals surface area contributed by atoms with Crippen molar-refractivity contribution in [1.82, 2.24) is 10.0 Å². The fraction of sp³-hybridized carbons (Fsp3) is 0.261. The van der Waals surface area contributed by atoms with E-state index in [2.05, 4.69) is 10.0 Å². The van der Waals surface area contributed by atoms with Crippen molar-refractivity contribution in [2.45, 2.75) is 30.3 Å². The first-order valence-electron chi connectivity index (χ1n) is 10.4. The lowest BCUT2D eigenvalue weighted by molar-refractivity contribution is -0.118. The SMILES string of the molecule is O=C1C(NS(=O)(=O)c2ccc3cc(Cl)ccc3c2)CCN1c1cc2c(cc1Cl)CNCC2. The van der Waals surface area contributed by atoms with Crippen molar-refractivity contribution >= 4 is 55.6 Å². The standard InChI is InChI=1S/C23H21Cl2N3O3S/c24-18-3-1-15-10-19(4-2-14(15)9-18)32(30,31)27-21-6-8-28(23(21)29)22-12-16-5-7-26-13-17(16)11-20(22)25/h1-4,9-12,21,26-27H,5-8,13H2. The molecular weight excluding hydrogens is 469 g/mol. The Kier molecular flexibility index (Phi) is 5.63. The van der Waals surface area contributed by atoms with Gasteiger partial charge < -0.3 is 10.2 Å². The molecule has 0 aromatic heterocycles. The quantitative estimate of drug-likeness (QED) is 0.582. The smallest absolute Gasteiger partial charge is 0.245 e. The summed E-state index contributed by atoms with van der Waals surface area (Å²) in [6, 6.07) is 13.1. The number of nitrogens with one attached hydrogen (secondary N) is 2. The number of hydrogen-bond donors (Lipinski definition) is 2. The maximum absolute atomic E-state index is 13.1. The molecule has 0 radical (unpaired) electrons. The zero-order chi connectivity index (χ0) is 22.5. The molecule has 1 fully saturated rings. The van der Waals surface area contributed by atoms with Gasteiger partial charge in [-0.25, -0.2) is 8.42 Å². The molecule has 0 aliphatic carbocycles. The van der Waals surface area contributed by atoms with Gasteiger partial charge in [-0.3, -0.25) is 4.79 Å². The van der Waals surface area contributed by atoms with Gasteiger partial charge in [0.2, 0.25) is 15.9 Å². The predicted octanol–water partition coefficient (Wildman–Crippen LogP) is 3.88. The van der Waals surface area contributed by atoms with Crippen LogP contribution in [0.3, 0.4) is 0 Å². The summed E-state index contributed by atoms with van der Waals surface area (Å²) < 4.78 is 28.6. The molecule has 6 nitrogen and oxygen atoms in total. The van der Waals surface area contributed by atoms with Crippen LogP contribution in [0, 0.1) is 0 Å². The molecule has 3 aromatic carbocycles. The summed E-state index contributed by atoms with van der Waals surface area (Å²) in [7, 11) is -3.88. The van der Waals surface area contributed by atoms with E-state index in [4.69, 9.17) is 23.2 Å². The second-order valence-corrected chi connectivity index (χ2v) is 10.7. The Morgan fingerprint density at radius 2 is 1.78 bits per heavy atom. The van der Waals surface area contributed by atoms with Gasteiger partial charge >= 0.3 is 0 Å². The topological polar surface area (TPSA) is 78.5 Å². The average Bonchev–Trinajstić information content (AvgIpc) is 3.12. The summed E-state index contributed by atoms with van der Waals surface area (Å²) in [5, 5.41) is 5.99. The second kappa shape index (κ2) is 8.32. The number of rotatable bonds is 4. The van der Waals surface area contributed by atoms with Crippen LogP contribution < -0.4 is 14.9 Å². The van der Waals surface area contributed by atoms with Crippen LogP contribution in [-0.2, 0) is 27.8 Å². The van der Waals surface area contributed by atoms with Gasteiger partial charge in [-0.2, -0.15) is 4.72 Å². The minimum absolute atomic E-state index is 0.109. The van der Waals surface area contributed by atoms with Crippen molar-refractivity contribution in [2.24, 2.45) is 0 Å². The van der Waals surface area contributed by atoms with Crippen LogP contribution in [0.1, 0.15) is 17.5 Å². The Morgan fingerprint density at radius 3 is 2.62 bits per heavy atom. The zero-order valence-electron chi connectivity index (χ0n) is 17.1. The molecule has 0 saturated carbocycles. The number of fused-ring (bicyclic) bond motifs is 2.